The van der Waals surface area contributed by atoms with Gasteiger partial charge in [0.2, 0.25) is 11.8 Å². The lowest BCUT2D eigenvalue weighted by atomic mass is 10.0. The Kier molecular flexibility index (Phi) is 11.4. The van der Waals surface area contributed by atoms with Crippen molar-refractivity contribution in [3.63, 3.8) is 0 Å². The summed E-state index contributed by atoms with van der Waals surface area (Å²) >= 11 is 6.35. The minimum absolute atomic E-state index is 0.0401. The van der Waals surface area contributed by atoms with Crippen LogP contribution in [0.1, 0.15) is 62.1 Å². The van der Waals surface area contributed by atoms with Gasteiger partial charge in [0.05, 0.1) is 10.6 Å². The van der Waals surface area contributed by atoms with Crippen LogP contribution in [0.25, 0.3) is 0 Å². The van der Waals surface area contributed by atoms with Crippen molar-refractivity contribution in [2.45, 2.75) is 75.4 Å². The number of nitrogens with one attached hydrogen (secondary N) is 1. The number of amides is 2. The number of benzene rings is 4. The number of rotatable bonds is 13. The van der Waals surface area contributed by atoms with Crippen molar-refractivity contribution in [3.8, 4) is 0 Å². The maximum absolute atomic E-state index is 14.6. The number of anilines is 1. The van der Waals surface area contributed by atoms with E-state index in [2.05, 4.69) is 19.2 Å². The molecule has 0 heterocycles. The number of nitrogens with zero attached hydrogens (tertiary/aromatic N) is 2. The summed E-state index contributed by atoms with van der Waals surface area (Å²) in [6, 6.07) is 31.2. The summed E-state index contributed by atoms with van der Waals surface area (Å²) in [6.07, 6.45) is 4.13. The Labute approximate surface area is 283 Å². The van der Waals surface area contributed by atoms with Gasteiger partial charge in [0.25, 0.3) is 10.0 Å². The first-order valence-electron chi connectivity index (χ1n) is 16.2. The molecular formula is C38H42ClN3O4S. The monoisotopic (exact) mass is 671 g/mol. The molecule has 9 heteroatoms. The average molecular weight is 672 g/mol. The van der Waals surface area contributed by atoms with Crippen LogP contribution in [0.2, 0.25) is 5.02 Å². The van der Waals surface area contributed by atoms with Crippen LogP contribution in [0.15, 0.2) is 114 Å². The first-order valence-corrected chi connectivity index (χ1v) is 18.0. The van der Waals surface area contributed by atoms with E-state index in [0.29, 0.717) is 10.7 Å². The van der Waals surface area contributed by atoms with Crippen molar-refractivity contribution in [1.29, 1.82) is 0 Å². The zero-order valence-electron chi connectivity index (χ0n) is 26.9. The second-order valence-electron chi connectivity index (χ2n) is 12.4. The number of sulfonamides is 1. The summed E-state index contributed by atoms with van der Waals surface area (Å²) < 4.78 is 29.5. The minimum Gasteiger partial charge on any atom is -0.352 e. The molecule has 1 aliphatic rings. The highest BCUT2D eigenvalue weighted by Crippen LogP contribution is 2.27. The molecule has 1 saturated carbocycles. The molecule has 246 valence electrons. The van der Waals surface area contributed by atoms with E-state index >= 15 is 0 Å². The van der Waals surface area contributed by atoms with Crippen LogP contribution in [-0.4, -0.2) is 43.8 Å². The molecule has 0 radical (unpaired) electrons. The first-order chi connectivity index (χ1) is 22.6. The molecule has 0 aliphatic heterocycles. The smallest absolute Gasteiger partial charge is 0.264 e. The summed E-state index contributed by atoms with van der Waals surface area (Å²) in [4.78, 5) is 30.4. The second-order valence-corrected chi connectivity index (χ2v) is 14.7. The van der Waals surface area contributed by atoms with Crippen LogP contribution < -0.4 is 9.62 Å². The van der Waals surface area contributed by atoms with Gasteiger partial charge in [-0.05, 0) is 71.8 Å². The van der Waals surface area contributed by atoms with E-state index in [1.54, 1.807) is 48.5 Å². The van der Waals surface area contributed by atoms with E-state index in [0.717, 1.165) is 46.7 Å². The Balaban J connectivity index is 1.56. The van der Waals surface area contributed by atoms with Crippen molar-refractivity contribution >= 4 is 39.1 Å². The van der Waals surface area contributed by atoms with E-state index in [9.17, 15) is 18.0 Å². The number of carbonyl (C=O) groups is 2. The molecule has 2 amide bonds. The maximum Gasteiger partial charge on any atom is 0.264 e. The Morgan fingerprint density at radius 1 is 0.830 bits per heavy atom. The third-order valence-corrected chi connectivity index (χ3v) is 10.7. The van der Waals surface area contributed by atoms with Gasteiger partial charge in [0.15, 0.2) is 0 Å². The third kappa shape index (κ3) is 8.82. The molecule has 4 aromatic rings. The fourth-order valence-electron chi connectivity index (χ4n) is 6.03. The van der Waals surface area contributed by atoms with Gasteiger partial charge in [-0.3, -0.25) is 13.9 Å². The molecule has 0 spiro atoms. The molecule has 0 unspecified atom stereocenters. The molecule has 47 heavy (non-hydrogen) atoms. The Bertz CT molecular complexity index is 1740. The third-order valence-electron chi connectivity index (χ3n) is 8.67. The van der Waals surface area contributed by atoms with E-state index in [1.165, 1.54) is 17.0 Å². The highest BCUT2D eigenvalue weighted by atomic mass is 35.5. The van der Waals surface area contributed by atoms with Crippen LogP contribution in [0.3, 0.4) is 0 Å². The Hall–Kier alpha value is -4.14. The summed E-state index contributed by atoms with van der Waals surface area (Å²) in [5, 5.41) is 3.70. The van der Waals surface area contributed by atoms with Gasteiger partial charge in [-0.1, -0.05) is 111 Å². The van der Waals surface area contributed by atoms with E-state index in [4.69, 9.17) is 11.6 Å². The molecule has 1 fully saturated rings. The quantitative estimate of drug-likeness (QED) is 0.161. The van der Waals surface area contributed by atoms with E-state index in [1.807, 2.05) is 48.5 Å². The molecule has 7 nitrogen and oxygen atoms in total. The van der Waals surface area contributed by atoms with Gasteiger partial charge in [0, 0.05) is 24.0 Å². The predicted molar refractivity (Wildman–Crippen MR) is 188 cm³/mol. The van der Waals surface area contributed by atoms with Crippen LogP contribution in [-0.2, 0) is 32.6 Å². The van der Waals surface area contributed by atoms with Crippen molar-refractivity contribution in [2.24, 2.45) is 0 Å². The van der Waals surface area contributed by atoms with Crippen molar-refractivity contribution < 1.29 is 18.0 Å². The van der Waals surface area contributed by atoms with E-state index < -0.39 is 28.5 Å². The molecule has 0 aromatic heterocycles. The van der Waals surface area contributed by atoms with Crippen molar-refractivity contribution in [2.75, 3.05) is 10.8 Å². The Morgan fingerprint density at radius 2 is 1.45 bits per heavy atom. The fraction of sp³-hybridized carbons (Fsp3) is 0.316. The standard InChI is InChI=1S/C38H42ClN3O4S/c1-28(2)31-20-22-34(23-21-31)42(47(45,46)35-18-7-4-8-19-35)27-37(43)41(26-30-14-11-15-32(39)24-30)36(25-29-12-5-3-6-13-29)38(44)40-33-16-9-10-17-33/h3-8,11-15,18-24,28,33,36H,9-10,16-17,25-27H2,1-2H3,(H,40,44)/t36-/m1/s1. The zero-order chi connectivity index (χ0) is 33.4. The highest BCUT2D eigenvalue weighted by Gasteiger charge is 2.35. The largest absolute Gasteiger partial charge is 0.352 e. The summed E-state index contributed by atoms with van der Waals surface area (Å²) in [6.45, 7) is 3.70. The lowest BCUT2D eigenvalue weighted by Crippen LogP contribution is -2.54. The molecule has 1 aliphatic carbocycles. The molecule has 0 saturated heterocycles. The number of hydrogen-bond donors (Lipinski definition) is 1. The number of carbonyl (C=O) groups excluding carboxylic acids is 2. The maximum atomic E-state index is 14.6. The SMILES string of the molecule is CC(C)c1ccc(N(CC(=O)N(Cc2cccc(Cl)c2)[C@H](Cc2ccccc2)C(=O)NC2CCCC2)S(=O)(=O)c2ccccc2)cc1. The molecular weight excluding hydrogens is 630 g/mol. The number of halogens is 1. The summed E-state index contributed by atoms with van der Waals surface area (Å²) in [7, 11) is -4.15. The second kappa shape index (κ2) is 15.6. The Morgan fingerprint density at radius 3 is 2.06 bits per heavy atom. The lowest BCUT2D eigenvalue weighted by molar-refractivity contribution is -0.140. The normalized spacial score (nSPS) is 14.1. The summed E-state index contributed by atoms with van der Waals surface area (Å²) in [5.41, 5.74) is 3.04. The topological polar surface area (TPSA) is 86.8 Å². The molecule has 0 bridgehead atoms. The van der Waals surface area contributed by atoms with Gasteiger partial charge < -0.3 is 10.2 Å². The van der Waals surface area contributed by atoms with Gasteiger partial charge >= 0.3 is 0 Å². The average Bonchev–Trinajstić information content (AvgIpc) is 3.59. The zero-order valence-corrected chi connectivity index (χ0v) is 28.5. The van der Waals surface area contributed by atoms with Crippen LogP contribution >= 0.6 is 11.6 Å². The minimum atomic E-state index is -4.15. The summed E-state index contributed by atoms with van der Waals surface area (Å²) in [5.74, 6) is -0.509. The number of hydrogen-bond acceptors (Lipinski definition) is 4. The highest BCUT2D eigenvalue weighted by molar-refractivity contribution is 7.92. The molecule has 1 N–H and O–H groups in total. The fourth-order valence-corrected chi connectivity index (χ4v) is 7.68. The molecule has 4 aromatic carbocycles. The van der Waals surface area contributed by atoms with Gasteiger partial charge in [-0.15, -0.1) is 0 Å². The van der Waals surface area contributed by atoms with Gasteiger partial charge in [-0.25, -0.2) is 8.42 Å². The predicted octanol–water partition coefficient (Wildman–Crippen LogP) is 7.36. The van der Waals surface area contributed by atoms with Crippen LogP contribution in [0.4, 0.5) is 5.69 Å². The molecule has 1 atom stereocenters. The van der Waals surface area contributed by atoms with E-state index in [-0.39, 0.29) is 35.7 Å². The lowest BCUT2D eigenvalue weighted by Gasteiger charge is -2.34. The van der Waals surface area contributed by atoms with Crippen LogP contribution in [0.5, 0.6) is 0 Å². The van der Waals surface area contributed by atoms with Crippen molar-refractivity contribution in [1.82, 2.24) is 10.2 Å². The van der Waals surface area contributed by atoms with Crippen LogP contribution in [0, 0.1) is 0 Å². The van der Waals surface area contributed by atoms with Gasteiger partial charge in [0.1, 0.15) is 12.6 Å². The van der Waals surface area contributed by atoms with Gasteiger partial charge in [-0.2, -0.15) is 0 Å². The first kappa shape index (κ1) is 34.2. The molecule has 5 rings (SSSR count). The van der Waals surface area contributed by atoms with Crippen molar-refractivity contribution in [3.05, 3.63) is 131 Å².